The summed E-state index contributed by atoms with van der Waals surface area (Å²) in [6.45, 7) is 1.48. The van der Waals surface area contributed by atoms with Gasteiger partial charge >= 0.3 is 0 Å². The number of amides is 2. The molecule has 2 rings (SSSR count). The van der Waals surface area contributed by atoms with E-state index in [-0.39, 0.29) is 5.91 Å². The van der Waals surface area contributed by atoms with Gasteiger partial charge in [-0.05, 0) is 35.4 Å². The highest BCUT2D eigenvalue weighted by atomic mass is 16.1. The van der Waals surface area contributed by atoms with Crippen molar-refractivity contribution >= 4 is 23.7 Å². The second kappa shape index (κ2) is 5.82. The van der Waals surface area contributed by atoms with Crippen LogP contribution in [-0.2, 0) is 9.59 Å². The van der Waals surface area contributed by atoms with Crippen molar-refractivity contribution in [3.8, 4) is 11.1 Å². The molecule has 4 heteroatoms. The predicted molar refractivity (Wildman–Crippen MR) is 75.9 cm³/mol. The van der Waals surface area contributed by atoms with Crippen LogP contribution in [0.3, 0.4) is 0 Å². The fourth-order valence-corrected chi connectivity index (χ4v) is 1.78. The van der Waals surface area contributed by atoms with Crippen LogP contribution in [0.25, 0.3) is 11.1 Å². The van der Waals surface area contributed by atoms with Crippen LogP contribution in [0, 0.1) is 0 Å². The summed E-state index contributed by atoms with van der Waals surface area (Å²) in [7, 11) is 0. The zero-order valence-electron chi connectivity index (χ0n) is 10.5. The Hall–Kier alpha value is -2.62. The highest BCUT2D eigenvalue weighted by Gasteiger charge is 1.99. The number of hydrogen-bond donors (Lipinski definition) is 2. The Morgan fingerprint density at radius 2 is 1.37 bits per heavy atom. The highest BCUT2D eigenvalue weighted by Crippen LogP contribution is 2.23. The van der Waals surface area contributed by atoms with Crippen LogP contribution in [0.5, 0.6) is 0 Å². The molecule has 0 bridgehead atoms. The molecule has 2 aromatic carbocycles. The minimum Gasteiger partial charge on any atom is -0.329 e. The Bertz CT molecular complexity index is 574. The number of carbonyl (C=O) groups excluding carboxylic acids is 2. The lowest BCUT2D eigenvalue weighted by Crippen LogP contribution is -2.05. The van der Waals surface area contributed by atoms with Crippen LogP contribution >= 0.6 is 0 Å². The van der Waals surface area contributed by atoms with Gasteiger partial charge in [0.2, 0.25) is 12.3 Å². The van der Waals surface area contributed by atoms with Crippen LogP contribution in [-0.4, -0.2) is 12.3 Å². The van der Waals surface area contributed by atoms with Gasteiger partial charge in [-0.3, -0.25) is 9.59 Å². The maximum absolute atomic E-state index is 10.9. The fraction of sp³-hybridized carbons (Fsp3) is 0.0667. The van der Waals surface area contributed by atoms with Gasteiger partial charge in [0.1, 0.15) is 0 Å². The normalized spacial score (nSPS) is 9.74. The first-order valence-electron chi connectivity index (χ1n) is 5.87. The SMILES string of the molecule is CC(=O)Nc1ccc(-c2ccc(NC=O)cc2)cc1. The molecule has 0 aliphatic heterocycles. The van der Waals surface area contributed by atoms with Gasteiger partial charge in [-0.1, -0.05) is 24.3 Å². The zero-order chi connectivity index (χ0) is 13.7. The summed E-state index contributed by atoms with van der Waals surface area (Å²) >= 11 is 0. The molecule has 0 atom stereocenters. The van der Waals surface area contributed by atoms with Gasteiger partial charge in [0.25, 0.3) is 0 Å². The van der Waals surface area contributed by atoms with Crippen LogP contribution in [0.4, 0.5) is 11.4 Å². The third-order valence-electron chi connectivity index (χ3n) is 2.65. The monoisotopic (exact) mass is 254 g/mol. The van der Waals surface area contributed by atoms with Crippen molar-refractivity contribution in [1.29, 1.82) is 0 Å². The molecule has 0 saturated heterocycles. The van der Waals surface area contributed by atoms with Crippen molar-refractivity contribution in [2.24, 2.45) is 0 Å². The van der Waals surface area contributed by atoms with E-state index in [1.54, 1.807) is 0 Å². The Morgan fingerprint density at radius 1 is 0.895 bits per heavy atom. The number of nitrogens with one attached hydrogen (secondary N) is 2. The average Bonchev–Trinajstić information content (AvgIpc) is 2.40. The van der Waals surface area contributed by atoms with Crippen LogP contribution in [0.1, 0.15) is 6.92 Å². The third-order valence-corrected chi connectivity index (χ3v) is 2.65. The molecule has 0 aromatic heterocycles. The largest absolute Gasteiger partial charge is 0.329 e. The summed E-state index contributed by atoms with van der Waals surface area (Å²) in [5.74, 6) is -0.0861. The summed E-state index contributed by atoms with van der Waals surface area (Å²) in [4.78, 5) is 21.2. The van der Waals surface area contributed by atoms with E-state index < -0.39 is 0 Å². The van der Waals surface area contributed by atoms with Crippen molar-refractivity contribution in [2.45, 2.75) is 6.92 Å². The zero-order valence-corrected chi connectivity index (χ0v) is 10.5. The minimum absolute atomic E-state index is 0.0861. The molecular weight excluding hydrogens is 240 g/mol. The maximum Gasteiger partial charge on any atom is 0.221 e. The van der Waals surface area contributed by atoms with Crippen molar-refractivity contribution in [3.63, 3.8) is 0 Å². The number of rotatable bonds is 4. The lowest BCUT2D eigenvalue weighted by molar-refractivity contribution is -0.114. The summed E-state index contributed by atoms with van der Waals surface area (Å²) in [6.07, 6.45) is 0.650. The second-order valence-corrected chi connectivity index (χ2v) is 4.10. The summed E-state index contributed by atoms with van der Waals surface area (Å²) in [6, 6.07) is 15.1. The lowest BCUT2D eigenvalue weighted by atomic mass is 10.1. The molecule has 0 spiro atoms. The second-order valence-electron chi connectivity index (χ2n) is 4.10. The Morgan fingerprint density at radius 3 is 1.79 bits per heavy atom. The molecule has 0 aliphatic carbocycles. The van der Waals surface area contributed by atoms with Crippen molar-refractivity contribution < 1.29 is 9.59 Å². The standard InChI is InChI=1S/C15H14N2O2/c1-11(19)17-15-8-4-13(5-9-15)12-2-6-14(7-3-12)16-10-18/h2-10H,1H3,(H,16,18)(H,17,19). The molecule has 0 heterocycles. The first-order valence-corrected chi connectivity index (χ1v) is 5.87. The molecule has 2 amide bonds. The van der Waals surface area contributed by atoms with Crippen molar-refractivity contribution in [2.75, 3.05) is 10.6 Å². The summed E-state index contributed by atoms with van der Waals surface area (Å²) in [5, 5.41) is 5.31. The minimum atomic E-state index is -0.0861. The van der Waals surface area contributed by atoms with Crippen molar-refractivity contribution in [3.05, 3.63) is 48.5 Å². The van der Waals surface area contributed by atoms with Crippen molar-refractivity contribution in [1.82, 2.24) is 0 Å². The lowest BCUT2D eigenvalue weighted by Gasteiger charge is -2.06. The molecule has 4 nitrogen and oxygen atoms in total. The maximum atomic E-state index is 10.9. The number of hydrogen-bond acceptors (Lipinski definition) is 2. The molecule has 0 fully saturated rings. The summed E-state index contributed by atoms with van der Waals surface area (Å²) < 4.78 is 0. The highest BCUT2D eigenvalue weighted by molar-refractivity contribution is 5.89. The van der Waals surface area contributed by atoms with E-state index in [0.29, 0.717) is 6.41 Å². The Kier molecular flexibility index (Phi) is 3.93. The topological polar surface area (TPSA) is 58.2 Å². The van der Waals surface area contributed by atoms with Gasteiger partial charge in [-0.2, -0.15) is 0 Å². The van der Waals surface area contributed by atoms with Gasteiger partial charge in [0.15, 0.2) is 0 Å². The van der Waals surface area contributed by atoms with Gasteiger partial charge in [0.05, 0.1) is 0 Å². The van der Waals surface area contributed by atoms with Gasteiger partial charge in [-0.25, -0.2) is 0 Å². The molecule has 0 unspecified atom stereocenters. The van der Waals surface area contributed by atoms with Crippen LogP contribution < -0.4 is 10.6 Å². The van der Waals surface area contributed by atoms with Gasteiger partial charge in [0, 0.05) is 18.3 Å². The first-order chi connectivity index (χ1) is 9.19. The summed E-state index contributed by atoms with van der Waals surface area (Å²) in [5.41, 5.74) is 3.63. The number of carbonyl (C=O) groups is 2. The number of anilines is 2. The molecule has 19 heavy (non-hydrogen) atoms. The Labute approximate surface area is 111 Å². The van der Waals surface area contributed by atoms with E-state index in [1.807, 2.05) is 48.5 Å². The van der Waals surface area contributed by atoms with Gasteiger partial charge < -0.3 is 10.6 Å². The smallest absolute Gasteiger partial charge is 0.221 e. The molecule has 96 valence electrons. The van der Waals surface area contributed by atoms with E-state index in [4.69, 9.17) is 0 Å². The quantitative estimate of drug-likeness (QED) is 0.824. The molecule has 0 saturated carbocycles. The number of benzene rings is 2. The third kappa shape index (κ3) is 3.42. The molecule has 2 N–H and O–H groups in total. The molecular formula is C15H14N2O2. The van der Waals surface area contributed by atoms with Crippen LogP contribution in [0.15, 0.2) is 48.5 Å². The van der Waals surface area contributed by atoms with E-state index in [9.17, 15) is 9.59 Å². The molecule has 0 radical (unpaired) electrons. The predicted octanol–water partition coefficient (Wildman–Crippen LogP) is 2.88. The average molecular weight is 254 g/mol. The fourth-order valence-electron chi connectivity index (χ4n) is 1.78. The van der Waals surface area contributed by atoms with E-state index in [2.05, 4.69) is 10.6 Å². The van der Waals surface area contributed by atoms with Gasteiger partial charge in [-0.15, -0.1) is 0 Å². The van der Waals surface area contributed by atoms with E-state index >= 15 is 0 Å². The van der Waals surface area contributed by atoms with E-state index in [1.165, 1.54) is 6.92 Å². The molecule has 0 aliphatic rings. The molecule has 2 aromatic rings. The Balaban J connectivity index is 2.17. The first kappa shape index (κ1) is 12.8. The van der Waals surface area contributed by atoms with E-state index in [0.717, 1.165) is 22.5 Å². The van der Waals surface area contributed by atoms with Crippen LogP contribution in [0.2, 0.25) is 0 Å².